The molecule has 0 saturated heterocycles. The van der Waals surface area contributed by atoms with Gasteiger partial charge in [0.05, 0.1) is 0 Å². The molecule has 3 nitrogen and oxygen atoms in total. The minimum Gasteiger partial charge on any atom is -0.481 e. The van der Waals surface area contributed by atoms with Crippen LogP contribution in [0.4, 0.5) is 0 Å². The molecule has 0 aliphatic heterocycles. The average Bonchev–Trinajstić information content (AvgIpc) is 2.22. The number of carbonyl (C=O) groups is 1. The second kappa shape index (κ2) is 6.40. The molecule has 0 heterocycles. The molecule has 1 rings (SSSR count). The van der Waals surface area contributed by atoms with E-state index in [1.807, 2.05) is 6.92 Å². The van der Waals surface area contributed by atoms with Crippen molar-refractivity contribution in [1.82, 2.24) is 5.32 Å². The van der Waals surface area contributed by atoms with Crippen molar-refractivity contribution >= 4 is 5.97 Å². The van der Waals surface area contributed by atoms with Gasteiger partial charge in [0.2, 0.25) is 0 Å². The van der Waals surface area contributed by atoms with Gasteiger partial charge in [-0.25, -0.2) is 0 Å². The highest BCUT2D eigenvalue weighted by molar-refractivity contribution is 5.66. The summed E-state index contributed by atoms with van der Waals surface area (Å²) in [4.78, 5) is 10.5. The van der Waals surface area contributed by atoms with E-state index in [1.54, 1.807) is 0 Å². The van der Waals surface area contributed by atoms with Crippen LogP contribution >= 0.6 is 0 Å². The van der Waals surface area contributed by atoms with Crippen LogP contribution in [0.5, 0.6) is 0 Å². The van der Waals surface area contributed by atoms with Crippen molar-refractivity contribution in [2.75, 3.05) is 6.54 Å². The van der Waals surface area contributed by atoms with Crippen LogP contribution in [0.3, 0.4) is 0 Å². The number of hydrogen-bond acceptors (Lipinski definition) is 2. The molecule has 3 heteroatoms. The van der Waals surface area contributed by atoms with Gasteiger partial charge in [0, 0.05) is 13.0 Å². The monoisotopic (exact) mass is 235 g/mol. The van der Waals surface area contributed by atoms with Gasteiger partial charge in [-0.15, -0.1) is 0 Å². The number of hydrogen-bond donors (Lipinski definition) is 2. The summed E-state index contributed by atoms with van der Waals surface area (Å²) in [6, 6.07) is 6.40. The highest BCUT2D eigenvalue weighted by Crippen LogP contribution is 2.09. The summed E-state index contributed by atoms with van der Waals surface area (Å²) >= 11 is 0. The molecular weight excluding hydrogens is 214 g/mol. The van der Waals surface area contributed by atoms with Crippen LogP contribution in [0.1, 0.15) is 30.0 Å². The Morgan fingerprint density at radius 2 is 2.06 bits per heavy atom. The molecule has 0 spiro atoms. The van der Waals surface area contributed by atoms with Crippen LogP contribution in [0.15, 0.2) is 18.2 Å². The molecule has 0 saturated carbocycles. The topological polar surface area (TPSA) is 49.3 Å². The maximum absolute atomic E-state index is 10.5. The molecule has 0 aliphatic carbocycles. The van der Waals surface area contributed by atoms with Crippen LogP contribution in [0.2, 0.25) is 0 Å². The largest absolute Gasteiger partial charge is 0.481 e. The lowest BCUT2D eigenvalue weighted by molar-refractivity contribution is -0.137. The second-order valence-corrected chi connectivity index (χ2v) is 4.75. The Hall–Kier alpha value is -1.35. The van der Waals surface area contributed by atoms with E-state index in [0.29, 0.717) is 0 Å². The maximum atomic E-state index is 10.5. The van der Waals surface area contributed by atoms with E-state index in [4.69, 9.17) is 5.11 Å². The van der Waals surface area contributed by atoms with Gasteiger partial charge in [-0.1, -0.05) is 25.1 Å². The first-order valence-electron chi connectivity index (χ1n) is 5.97. The SMILES string of the molecule is Cc1ccc(CNCC(C)CC(=O)O)cc1C. The molecule has 0 radical (unpaired) electrons. The predicted octanol–water partition coefficient (Wildman–Crippen LogP) is 2.50. The average molecular weight is 235 g/mol. The quantitative estimate of drug-likeness (QED) is 0.796. The number of carboxylic acid groups (broad SMARTS) is 1. The number of benzene rings is 1. The van der Waals surface area contributed by atoms with Gasteiger partial charge in [0.1, 0.15) is 0 Å². The van der Waals surface area contributed by atoms with E-state index in [0.717, 1.165) is 13.1 Å². The van der Waals surface area contributed by atoms with Crippen molar-refractivity contribution in [3.05, 3.63) is 34.9 Å². The zero-order valence-corrected chi connectivity index (χ0v) is 10.8. The summed E-state index contributed by atoms with van der Waals surface area (Å²) in [6.45, 7) is 7.68. The fraction of sp³-hybridized carbons (Fsp3) is 0.500. The first kappa shape index (κ1) is 13.7. The molecule has 1 unspecified atom stereocenters. The van der Waals surface area contributed by atoms with E-state index in [2.05, 4.69) is 37.4 Å². The highest BCUT2D eigenvalue weighted by atomic mass is 16.4. The summed E-state index contributed by atoms with van der Waals surface area (Å²) in [5.74, 6) is -0.565. The van der Waals surface area contributed by atoms with Crippen molar-refractivity contribution in [1.29, 1.82) is 0 Å². The van der Waals surface area contributed by atoms with Crippen LogP contribution < -0.4 is 5.32 Å². The predicted molar refractivity (Wildman–Crippen MR) is 69.0 cm³/mol. The summed E-state index contributed by atoms with van der Waals surface area (Å²) < 4.78 is 0. The van der Waals surface area contributed by atoms with Gasteiger partial charge in [0.25, 0.3) is 0 Å². The smallest absolute Gasteiger partial charge is 0.303 e. The van der Waals surface area contributed by atoms with Crippen LogP contribution in [0, 0.1) is 19.8 Å². The van der Waals surface area contributed by atoms with Crippen LogP contribution in [0.25, 0.3) is 0 Å². The Kier molecular flexibility index (Phi) is 5.16. The van der Waals surface area contributed by atoms with Crippen molar-refractivity contribution in [3.63, 3.8) is 0 Å². The second-order valence-electron chi connectivity index (χ2n) is 4.75. The number of nitrogens with one attached hydrogen (secondary N) is 1. The number of carboxylic acids is 1. The number of aliphatic carboxylic acids is 1. The summed E-state index contributed by atoms with van der Waals surface area (Å²) in [5.41, 5.74) is 3.84. The lowest BCUT2D eigenvalue weighted by Gasteiger charge is -2.11. The Bertz CT molecular complexity index is 388. The summed E-state index contributed by atoms with van der Waals surface area (Å²) in [6.07, 6.45) is 0.222. The van der Waals surface area contributed by atoms with E-state index in [1.165, 1.54) is 16.7 Å². The minimum atomic E-state index is -0.731. The Morgan fingerprint density at radius 1 is 1.35 bits per heavy atom. The Labute approximate surface area is 103 Å². The third kappa shape index (κ3) is 5.00. The molecule has 94 valence electrons. The first-order valence-corrected chi connectivity index (χ1v) is 5.97. The Morgan fingerprint density at radius 3 is 2.65 bits per heavy atom. The first-order chi connectivity index (χ1) is 7.99. The van der Waals surface area contributed by atoms with Gasteiger partial charge in [-0.2, -0.15) is 0 Å². The van der Waals surface area contributed by atoms with Gasteiger partial charge < -0.3 is 10.4 Å². The fourth-order valence-electron chi connectivity index (χ4n) is 1.75. The van der Waals surface area contributed by atoms with E-state index < -0.39 is 5.97 Å². The molecule has 2 N–H and O–H groups in total. The van der Waals surface area contributed by atoms with E-state index in [9.17, 15) is 4.79 Å². The van der Waals surface area contributed by atoms with Gasteiger partial charge in [0.15, 0.2) is 0 Å². The molecule has 1 aromatic carbocycles. The van der Waals surface area contributed by atoms with Gasteiger partial charge >= 0.3 is 5.97 Å². The molecular formula is C14H21NO2. The molecule has 1 aromatic rings. The van der Waals surface area contributed by atoms with Gasteiger partial charge in [-0.3, -0.25) is 4.79 Å². The van der Waals surface area contributed by atoms with Crippen LogP contribution in [-0.2, 0) is 11.3 Å². The molecule has 17 heavy (non-hydrogen) atoms. The molecule has 0 bridgehead atoms. The molecule has 0 amide bonds. The van der Waals surface area contributed by atoms with Crippen molar-refractivity contribution in [2.45, 2.75) is 33.7 Å². The Balaban J connectivity index is 2.35. The maximum Gasteiger partial charge on any atom is 0.303 e. The number of rotatable bonds is 6. The van der Waals surface area contributed by atoms with E-state index >= 15 is 0 Å². The lowest BCUT2D eigenvalue weighted by Crippen LogP contribution is -2.22. The molecule has 0 aromatic heterocycles. The van der Waals surface area contributed by atoms with Crippen molar-refractivity contribution in [2.24, 2.45) is 5.92 Å². The van der Waals surface area contributed by atoms with Crippen LogP contribution in [-0.4, -0.2) is 17.6 Å². The summed E-state index contributed by atoms with van der Waals surface area (Å²) in [7, 11) is 0. The molecule has 1 atom stereocenters. The normalized spacial score (nSPS) is 12.4. The standard InChI is InChI=1S/C14H21NO2/c1-10(6-14(16)17)8-15-9-13-5-4-11(2)12(3)7-13/h4-5,7,10,15H,6,8-9H2,1-3H3,(H,16,17). The zero-order valence-electron chi connectivity index (χ0n) is 10.8. The number of aryl methyl sites for hydroxylation is 2. The fourth-order valence-corrected chi connectivity index (χ4v) is 1.75. The van der Waals surface area contributed by atoms with Crippen molar-refractivity contribution in [3.8, 4) is 0 Å². The van der Waals surface area contributed by atoms with E-state index in [-0.39, 0.29) is 12.3 Å². The highest BCUT2D eigenvalue weighted by Gasteiger charge is 2.06. The summed E-state index contributed by atoms with van der Waals surface area (Å²) in [5, 5.41) is 11.9. The minimum absolute atomic E-state index is 0.166. The third-order valence-corrected chi connectivity index (χ3v) is 2.92. The third-order valence-electron chi connectivity index (χ3n) is 2.92. The lowest BCUT2D eigenvalue weighted by atomic mass is 10.1. The van der Waals surface area contributed by atoms with Crippen molar-refractivity contribution < 1.29 is 9.90 Å². The van der Waals surface area contributed by atoms with Gasteiger partial charge in [-0.05, 0) is 43.0 Å². The molecule has 0 aliphatic rings. The molecule has 0 fully saturated rings. The zero-order chi connectivity index (χ0) is 12.8.